The van der Waals surface area contributed by atoms with Gasteiger partial charge in [0.25, 0.3) is 5.91 Å². The number of hydrogen-bond donors (Lipinski definition) is 2. The van der Waals surface area contributed by atoms with E-state index in [1.54, 1.807) is 0 Å². The summed E-state index contributed by atoms with van der Waals surface area (Å²) in [4.78, 5) is 25.3. The van der Waals surface area contributed by atoms with E-state index >= 15 is 0 Å². The topological polar surface area (TPSA) is 77.7 Å². The molecule has 0 aliphatic carbocycles. The average Bonchev–Trinajstić information content (AvgIpc) is 2.97. The Bertz CT molecular complexity index is 808. The molecule has 0 bridgehead atoms. The van der Waals surface area contributed by atoms with Crippen LogP contribution in [0.4, 0.5) is 5.69 Å². The summed E-state index contributed by atoms with van der Waals surface area (Å²) in [5, 5.41) is 7.59. The van der Waals surface area contributed by atoms with E-state index in [-0.39, 0.29) is 17.8 Å². The summed E-state index contributed by atoms with van der Waals surface area (Å²) in [6, 6.07) is 9.86. The Labute approximate surface area is 159 Å². The van der Waals surface area contributed by atoms with E-state index in [0.717, 1.165) is 48.7 Å². The minimum Gasteiger partial charge on any atom is -0.469 e. The minimum absolute atomic E-state index is 0.0275. The molecule has 2 aromatic rings. The number of ether oxygens (including phenoxy) is 1. The van der Waals surface area contributed by atoms with Crippen molar-refractivity contribution in [2.75, 3.05) is 32.1 Å². The van der Waals surface area contributed by atoms with Gasteiger partial charge in [-0.2, -0.15) is 5.10 Å². The third kappa shape index (κ3) is 4.36. The van der Waals surface area contributed by atoms with Crippen LogP contribution in [0.25, 0.3) is 5.69 Å². The summed E-state index contributed by atoms with van der Waals surface area (Å²) in [5.41, 5.74) is 3.44. The molecular weight excluding hydrogens is 344 g/mol. The number of rotatable bonds is 5. The maximum atomic E-state index is 12.5. The molecule has 1 aromatic heterocycles. The lowest BCUT2D eigenvalue weighted by Gasteiger charge is -2.27. The van der Waals surface area contributed by atoms with E-state index in [0.29, 0.717) is 6.54 Å². The Morgan fingerprint density at radius 3 is 2.52 bits per heavy atom. The number of aryl methyl sites for hydroxylation is 1. The fourth-order valence-electron chi connectivity index (χ4n) is 3.66. The maximum absolute atomic E-state index is 12.5. The van der Waals surface area contributed by atoms with Crippen molar-refractivity contribution in [3.05, 3.63) is 41.7 Å². The Hall–Kier alpha value is -2.67. The quantitative estimate of drug-likeness (QED) is 0.766. The van der Waals surface area contributed by atoms with E-state index in [9.17, 15) is 9.59 Å². The molecule has 3 rings (SSSR count). The van der Waals surface area contributed by atoms with Crippen molar-refractivity contribution in [3.63, 3.8) is 0 Å². The van der Waals surface area contributed by atoms with E-state index in [1.807, 2.05) is 48.9 Å². The molecule has 0 atom stereocenters. The molecule has 7 nitrogen and oxygen atoms in total. The van der Waals surface area contributed by atoms with Crippen molar-refractivity contribution in [1.82, 2.24) is 9.78 Å². The Morgan fingerprint density at radius 2 is 1.89 bits per heavy atom. The zero-order chi connectivity index (χ0) is 19.4. The first kappa shape index (κ1) is 19.1. The van der Waals surface area contributed by atoms with Gasteiger partial charge in [0.1, 0.15) is 0 Å². The number of para-hydroxylation sites is 1. The van der Waals surface area contributed by atoms with Crippen LogP contribution in [0.15, 0.2) is 30.3 Å². The van der Waals surface area contributed by atoms with Crippen molar-refractivity contribution in [2.45, 2.75) is 26.7 Å². The van der Waals surface area contributed by atoms with Gasteiger partial charge in [0.05, 0.1) is 48.9 Å². The van der Waals surface area contributed by atoms with Gasteiger partial charge in [-0.3, -0.25) is 9.59 Å². The maximum Gasteiger partial charge on any atom is 0.309 e. The highest BCUT2D eigenvalue weighted by Crippen LogP contribution is 2.22. The van der Waals surface area contributed by atoms with Crippen LogP contribution in [0.5, 0.6) is 0 Å². The molecule has 144 valence electrons. The predicted octanol–water partition coefficient (Wildman–Crippen LogP) is 0.896. The van der Waals surface area contributed by atoms with E-state index < -0.39 is 0 Å². The lowest BCUT2D eigenvalue weighted by molar-refractivity contribution is -0.897. The number of carbonyl (C=O) groups excluding carboxylic acids is 2. The third-order valence-electron chi connectivity index (χ3n) is 5.19. The Morgan fingerprint density at radius 1 is 1.22 bits per heavy atom. The highest BCUT2D eigenvalue weighted by atomic mass is 16.5. The number of anilines is 1. The number of quaternary nitrogens is 1. The standard InChI is InChI=1S/C20H26N4O3/c1-14-19(15(2)24(22-14)17-7-5-4-6-8-17)21-18(25)13-23-11-9-16(10-12-23)20(26)27-3/h4-8,16H,9-13H2,1-3H3,(H,21,25)/p+1. The fourth-order valence-corrected chi connectivity index (χ4v) is 3.66. The predicted molar refractivity (Wildman–Crippen MR) is 102 cm³/mol. The van der Waals surface area contributed by atoms with Crippen molar-refractivity contribution in [3.8, 4) is 5.69 Å². The second kappa shape index (κ2) is 8.35. The number of carbonyl (C=O) groups is 2. The van der Waals surface area contributed by atoms with Crippen LogP contribution < -0.4 is 10.2 Å². The summed E-state index contributed by atoms with van der Waals surface area (Å²) < 4.78 is 6.66. The largest absolute Gasteiger partial charge is 0.469 e. The molecule has 27 heavy (non-hydrogen) atoms. The Balaban J connectivity index is 1.61. The normalized spacial score (nSPS) is 19.5. The molecular formula is C20H27N4O3+. The number of methoxy groups -OCH3 is 1. The van der Waals surface area contributed by atoms with E-state index in [1.165, 1.54) is 12.0 Å². The summed E-state index contributed by atoms with van der Waals surface area (Å²) in [5.74, 6) is -0.200. The van der Waals surface area contributed by atoms with Crippen LogP contribution >= 0.6 is 0 Å². The van der Waals surface area contributed by atoms with Crippen molar-refractivity contribution in [1.29, 1.82) is 0 Å². The molecule has 0 radical (unpaired) electrons. The van der Waals surface area contributed by atoms with Gasteiger partial charge in [0, 0.05) is 12.8 Å². The molecule has 0 unspecified atom stereocenters. The molecule has 1 aliphatic rings. The summed E-state index contributed by atoms with van der Waals surface area (Å²) in [6.07, 6.45) is 1.53. The van der Waals surface area contributed by atoms with Crippen LogP contribution in [0.1, 0.15) is 24.2 Å². The lowest BCUT2D eigenvalue weighted by Crippen LogP contribution is -3.14. The zero-order valence-electron chi connectivity index (χ0n) is 16.1. The smallest absolute Gasteiger partial charge is 0.309 e. The minimum atomic E-state index is -0.141. The molecule has 1 saturated heterocycles. The van der Waals surface area contributed by atoms with Gasteiger partial charge in [-0.15, -0.1) is 0 Å². The van der Waals surface area contributed by atoms with E-state index in [2.05, 4.69) is 10.4 Å². The number of amides is 1. The fraction of sp³-hybridized carbons (Fsp3) is 0.450. The summed E-state index contributed by atoms with van der Waals surface area (Å²) >= 11 is 0. The molecule has 2 heterocycles. The van der Waals surface area contributed by atoms with Crippen molar-refractivity contribution in [2.24, 2.45) is 5.92 Å². The first-order chi connectivity index (χ1) is 13.0. The SMILES string of the molecule is COC(=O)C1CC[NH+](CC(=O)Nc2c(C)nn(-c3ccccc3)c2C)CC1. The number of esters is 1. The second-order valence-electron chi connectivity index (χ2n) is 7.07. The number of nitrogens with one attached hydrogen (secondary N) is 2. The van der Waals surface area contributed by atoms with Crippen LogP contribution in [-0.4, -0.2) is 48.4 Å². The molecule has 1 amide bonds. The number of nitrogens with zero attached hydrogens (tertiary/aromatic N) is 2. The number of aromatic nitrogens is 2. The van der Waals surface area contributed by atoms with Gasteiger partial charge in [-0.05, 0) is 26.0 Å². The zero-order valence-corrected chi connectivity index (χ0v) is 16.1. The molecule has 7 heteroatoms. The summed E-state index contributed by atoms with van der Waals surface area (Å²) in [6.45, 7) is 5.85. The number of benzene rings is 1. The molecule has 0 saturated carbocycles. The number of hydrogen-bond acceptors (Lipinski definition) is 4. The second-order valence-corrected chi connectivity index (χ2v) is 7.07. The molecule has 1 aliphatic heterocycles. The van der Waals surface area contributed by atoms with Crippen molar-refractivity contribution >= 4 is 17.6 Å². The lowest BCUT2D eigenvalue weighted by atomic mass is 9.97. The van der Waals surface area contributed by atoms with Gasteiger partial charge >= 0.3 is 5.97 Å². The third-order valence-corrected chi connectivity index (χ3v) is 5.19. The van der Waals surface area contributed by atoms with Crippen LogP contribution in [0, 0.1) is 19.8 Å². The monoisotopic (exact) mass is 371 g/mol. The number of likely N-dealkylation sites (tertiary alicyclic amines) is 1. The summed E-state index contributed by atoms with van der Waals surface area (Å²) in [7, 11) is 1.43. The highest BCUT2D eigenvalue weighted by Gasteiger charge is 2.29. The first-order valence-corrected chi connectivity index (χ1v) is 9.32. The molecule has 1 aromatic carbocycles. The van der Waals surface area contributed by atoms with Gasteiger partial charge in [-0.25, -0.2) is 4.68 Å². The van der Waals surface area contributed by atoms with Gasteiger partial charge in [-0.1, -0.05) is 18.2 Å². The molecule has 1 fully saturated rings. The number of piperidine rings is 1. The van der Waals surface area contributed by atoms with Crippen molar-refractivity contribution < 1.29 is 19.2 Å². The van der Waals surface area contributed by atoms with Crippen LogP contribution in [-0.2, 0) is 14.3 Å². The van der Waals surface area contributed by atoms with Crippen LogP contribution in [0.2, 0.25) is 0 Å². The van der Waals surface area contributed by atoms with Gasteiger partial charge in [0.2, 0.25) is 0 Å². The molecule has 2 N–H and O–H groups in total. The average molecular weight is 371 g/mol. The van der Waals surface area contributed by atoms with Gasteiger partial charge < -0.3 is 15.0 Å². The highest BCUT2D eigenvalue weighted by molar-refractivity contribution is 5.92. The van der Waals surface area contributed by atoms with Gasteiger partial charge in [0.15, 0.2) is 6.54 Å². The molecule has 0 spiro atoms. The first-order valence-electron chi connectivity index (χ1n) is 9.32. The van der Waals surface area contributed by atoms with Crippen LogP contribution in [0.3, 0.4) is 0 Å². The Kier molecular flexibility index (Phi) is 5.91. The van der Waals surface area contributed by atoms with E-state index in [4.69, 9.17) is 4.74 Å².